The smallest absolute Gasteiger partial charge is 0.306 e. The van der Waals surface area contributed by atoms with Gasteiger partial charge in [-0.05, 0) is 74.2 Å². The molecule has 0 aliphatic heterocycles. The number of allylic oxidation sites excluding steroid dienone is 1. The third-order valence-electron chi connectivity index (χ3n) is 9.76. The third kappa shape index (κ3) is 4.23. The number of Topliss-reactive ketones (excluding diaryl/α,β-unsaturated/α-hetero) is 1. The fourth-order valence-corrected chi connectivity index (χ4v) is 8.03. The maximum Gasteiger partial charge on any atom is 0.306 e. The predicted octanol–water partition coefficient (Wildman–Crippen LogP) is 3.80. The van der Waals surface area contributed by atoms with E-state index in [9.17, 15) is 24.0 Å². The first-order chi connectivity index (χ1) is 16.4. The molecule has 6 atom stereocenters. The van der Waals surface area contributed by atoms with Gasteiger partial charge >= 0.3 is 17.9 Å². The minimum absolute atomic E-state index is 0.00544. The third-order valence-corrected chi connectivity index (χ3v) is 9.76. The van der Waals surface area contributed by atoms with E-state index < -0.39 is 41.3 Å². The largest absolute Gasteiger partial charge is 0.481 e. The monoisotopic (exact) mass is 488 g/mol. The van der Waals surface area contributed by atoms with Gasteiger partial charge in [-0.3, -0.25) is 24.0 Å². The Kier molecular flexibility index (Phi) is 6.70. The minimum Gasteiger partial charge on any atom is -0.481 e. The van der Waals surface area contributed by atoms with Crippen molar-refractivity contribution in [2.24, 2.45) is 28.6 Å². The number of ketones is 2. The molecule has 4 aliphatic carbocycles. The Hall–Kier alpha value is -2.51. The first kappa shape index (κ1) is 25.6. The van der Waals surface area contributed by atoms with E-state index in [1.165, 1.54) is 12.5 Å². The molecule has 6 unspecified atom stereocenters. The van der Waals surface area contributed by atoms with Gasteiger partial charge in [0.2, 0.25) is 5.78 Å². The van der Waals surface area contributed by atoms with Crippen molar-refractivity contribution in [3.8, 4) is 0 Å². The Bertz CT molecular complexity index is 982. The van der Waals surface area contributed by atoms with Crippen molar-refractivity contribution in [2.75, 3.05) is 6.61 Å². The number of hydrogen-bond acceptors (Lipinski definition) is 7. The number of hydrogen-bond donors (Lipinski definition) is 1. The van der Waals surface area contributed by atoms with Crippen LogP contribution in [0.5, 0.6) is 0 Å². The number of carboxylic acids is 1. The van der Waals surface area contributed by atoms with Crippen molar-refractivity contribution in [3.05, 3.63) is 11.6 Å². The van der Waals surface area contributed by atoms with E-state index in [4.69, 9.17) is 14.6 Å². The molecule has 3 saturated carbocycles. The van der Waals surface area contributed by atoms with E-state index in [2.05, 4.69) is 6.92 Å². The fraction of sp³-hybridized carbons (Fsp3) is 0.741. The van der Waals surface area contributed by atoms with E-state index in [0.29, 0.717) is 31.1 Å². The van der Waals surface area contributed by atoms with Crippen LogP contribution in [-0.2, 0) is 33.4 Å². The topological polar surface area (TPSA) is 124 Å². The number of fused-ring (bicyclic) bond motifs is 5. The normalized spacial score (nSPS) is 37.9. The average molecular weight is 489 g/mol. The highest BCUT2D eigenvalue weighted by atomic mass is 16.6. The number of esters is 2. The summed E-state index contributed by atoms with van der Waals surface area (Å²) in [5.74, 6) is -1.64. The van der Waals surface area contributed by atoms with Crippen LogP contribution in [0, 0.1) is 28.6 Å². The van der Waals surface area contributed by atoms with Crippen molar-refractivity contribution < 1.29 is 38.6 Å². The van der Waals surface area contributed by atoms with Crippen LogP contribution < -0.4 is 0 Å². The number of rotatable bonds is 7. The number of carbonyl (C=O) groups is 5. The van der Waals surface area contributed by atoms with Gasteiger partial charge in [-0.15, -0.1) is 0 Å². The zero-order chi connectivity index (χ0) is 25.6. The van der Waals surface area contributed by atoms with E-state index in [0.717, 1.165) is 32.1 Å². The number of carboxylic acid groups (broad SMARTS) is 1. The Morgan fingerprint density at radius 2 is 1.71 bits per heavy atom. The lowest BCUT2D eigenvalue weighted by atomic mass is 9.46. The zero-order valence-electron chi connectivity index (χ0n) is 20.9. The molecule has 3 fully saturated rings. The SMILES string of the molecule is CC(=O)OC1(C(=O)COC(=O)CCC(=O)O)CCC2C3CCC4=CC(=O)CCC4(C)C3CCC21C. The van der Waals surface area contributed by atoms with Gasteiger partial charge in [0.1, 0.15) is 0 Å². The van der Waals surface area contributed by atoms with Crippen molar-refractivity contribution in [1.82, 2.24) is 0 Å². The summed E-state index contributed by atoms with van der Waals surface area (Å²) < 4.78 is 11.0. The van der Waals surface area contributed by atoms with Gasteiger partial charge in [0.15, 0.2) is 18.0 Å². The van der Waals surface area contributed by atoms with Crippen LogP contribution in [0.15, 0.2) is 11.6 Å². The molecule has 4 rings (SSSR count). The lowest BCUT2D eigenvalue weighted by Gasteiger charge is -2.59. The molecule has 0 aromatic carbocycles. The summed E-state index contributed by atoms with van der Waals surface area (Å²) in [6.45, 7) is 5.11. The fourth-order valence-electron chi connectivity index (χ4n) is 8.03. The second-order valence-electron chi connectivity index (χ2n) is 11.4. The Morgan fingerprint density at radius 3 is 2.40 bits per heavy atom. The Balaban J connectivity index is 1.57. The molecular formula is C27H36O8. The molecule has 0 spiro atoms. The van der Waals surface area contributed by atoms with Crippen LogP contribution in [0.3, 0.4) is 0 Å². The highest BCUT2D eigenvalue weighted by Gasteiger charge is 2.68. The molecule has 0 saturated heterocycles. The maximum absolute atomic E-state index is 13.6. The second-order valence-corrected chi connectivity index (χ2v) is 11.4. The van der Waals surface area contributed by atoms with Gasteiger partial charge in [0, 0.05) is 18.8 Å². The van der Waals surface area contributed by atoms with Crippen LogP contribution in [-0.4, -0.2) is 46.8 Å². The predicted molar refractivity (Wildman–Crippen MR) is 124 cm³/mol. The number of aliphatic carboxylic acids is 1. The van der Waals surface area contributed by atoms with E-state index in [-0.39, 0.29) is 30.0 Å². The molecule has 192 valence electrons. The van der Waals surface area contributed by atoms with Crippen molar-refractivity contribution in [1.29, 1.82) is 0 Å². The number of carbonyl (C=O) groups excluding carboxylic acids is 4. The van der Waals surface area contributed by atoms with E-state index in [1.807, 2.05) is 13.0 Å². The molecule has 8 heteroatoms. The summed E-state index contributed by atoms with van der Waals surface area (Å²) in [7, 11) is 0. The van der Waals surface area contributed by atoms with Crippen LogP contribution in [0.25, 0.3) is 0 Å². The summed E-state index contributed by atoms with van der Waals surface area (Å²) in [5, 5.41) is 8.76. The summed E-state index contributed by atoms with van der Waals surface area (Å²) in [4.78, 5) is 60.5. The van der Waals surface area contributed by atoms with Gasteiger partial charge in [0.05, 0.1) is 12.8 Å². The first-order valence-electron chi connectivity index (χ1n) is 12.8. The van der Waals surface area contributed by atoms with Crippen LogP contribution in [0.2, 0.25) is 0 Å². The van der Waals surface area contributed by atoms with Crippen LogP contribution in [0.4, 0.5) is 0 Å². The van der Waals surface area contributed by atoms with Gasteiger partial charge in [0.25, 0.3) is 0 Å². The Labute approximate surface area is 205 Å². The molecule has 0 bridgehead atoms. The molecule has 0 heterocycles. The molecule has 0 aromatic rings. The van der Waals surface area contributed by atoms with Gasteiger partial charge in [-0.1, -0.05) is 19.4 Å². The highest BCUT2D eigenvalue weighted by molar-refractivity contribution is 5.93. The van der Waals surface area contributed by atoms with Crippen LogP contribution in [0.1, 0.15) is 85.0 Å². The molecule has 8 nitrogen and oxygen atoms in total. The van der Waals surface area contributed by atoms with Crippen molar-refractivity contribution in [2.45, 2.75) is 90.6 Å². The minimum atomic E-state index is -1.36. The molecule has 0 amide bonds. The summed E-state index contributed by atoms with van der Waals surface area (Å²) in [5.41, 5.74) is -0.672. The molecule has 1 N–H and O–H groups in total. The zero-order valence-corrected chi connectivity index (χ0v) is 20.9. The summed E-state index contributed by atoms with van der Waals surface area (Å²) in [6, 6.07) is 0. The molecule has 0 aromatic heterocycles. The quantitative estimate of drug-likeness (QED) is 0.537. The summed E-state index contributed by atoms with van der Waals surface area (Å²) >= 11 is 0. The van der Waals surface area contributed by atoms with Crippen LogP contribution >= 0.6 is 0 Å². The first-order valence-corrected chi connectivity index (χ1v) is 12.8. The average Bonchev–Trinajstić information content (AvgIpc) is 3.09. The molecular weight excluding hydrogens is 452 g/mol. The molecule has 4 aliphatic rings. The second kappa shape index (κ2) is 9.17. The maximum atomic E-state index is 13.6. The molecule has 35 heavy (non-hydrogen) atoms. The summed E-state index contributed by atoms with van der Waals surface area (Å²) in [6.07, 6.45) is 7.19. The van der Waals surface area contributed by atoms with Gasteiger partial charge < -0.3 is 14.6 Å². The standard InChI is InChI=1S/C27H36O8/c1-16(28)35-27(22(30)15-34-24(33)7-6-23(31)32)13-10-21-19-5-4-17-14-18(29)8-11-25(17,2)20(19)9-12-26(21,27)3/h14,19-21H,4-13,15H2,1-3H3,(H,31,32). The van der Waals surface area contributed by atoms with Gasteiger partial charge in [-0.25, -0.2) is 0 Å². The lowest BCUT2D eigenvalue weighted by molar-refractivity contribution is -0.191. The Morgan fingerprint density at radius 1 is 1.00 bits per heavy atom. The highest BCUT2D eigenvalue weighted by Crippen LogP contribution is 2.68. The van der Waals surface area contributed by atoms with E-state index >= 15 is 0 Å². The number of ether oxygens (including phenoxy) is 2. The van der Waals surface area contributed by atoms with E-state index in [1.54, 1.807) is 0 Å². The van der Waals surface area contributed by atoms with Gasteiger partial charge in [-0.2, -0.15) is 0 Å². The van der Waals surface area contributed by atoms with Crippen molar-refractivity contribution in [3.63, 3.8) is 0 Å². The van der Waals surface area contributed by atoms with Crippen molar-refractivity contribution >= 4 is 29.5 Å². The lowest BCUT2D eigenvalue weighted by Crippen LogP contribution is -2.59. The molecule has 0 radical (unpaired) electrons.